The van der Waals surface area contributed by atoms with Crippen LogP contribution in [0.2, 0.25) is 0 Å². The zero-order chi connectivity index (χ0) is 10.3. The molecule has 0 aliphatic heterocycles. The molecule has 2 heteroatoms. The Kier molecular flexibility index (Phi) is 2.11. The normalized spacial score (nSPS) is 35.7. The molecule has 2 rings (SSSR count). The van der Waals surface area contributed by atoms with Crippen LogP contribution in [0.5, 0.6) is 0 Å². The maximum absolute atomic E-state index is 14.2. The minimum atomic E-state index is -1.52. The van der Waals surface area contributed by atoms with E-state index in [0.29, 0.717) is 0 Å². The lowest BCUT2D eigenvalue weighted by Crippen LogP contribution is -2.28. The molecule has 0 fully saturated rings. The van der Waals surface area contributed by atoms with Crippen molar-refractivity contribution >= 4 is 0 Å². The van der Waals surface area contributed by atoms with Crippen molar-refractivity contribution in [1.82, 2.24) is 0 Å². The summed E-state index contributed by atoms with van der Waals surface area (Å²) < 4.78 is 14.2. The number of alkyl halides is 1. The molecule has 1 aromatic rings. The lowest BCUT2D eigenvalue weighted by atomic mass is 9.88. The van der Waals surface area contributed by atoms with Gasteiger partial charge in [-0.3, -0.25) is 0 Å². The van der Waals surface area contributed by atoms with Crippen molar-refractivity contribution in [2.24, 2.45) is 0 Å². The van der Waals surface area contributed by atoms with Crippen molar-refractivity contribution in [2.75, 3.05) is 0 Å². The van der Waals surface area contributed by atoms with Gasteiger partial charge in [-0.25, -0.2) is 4.39 Å². The van der Waals surface area contributed by atoms with Crippen LogP contribution >= 0.6 is 0 Å². The van der Waals surface area contributed by atoms with Crippen LogP contribution in [0.15, 0.2) is 24.3 Å². The van der Waals surface area contributed by atoms with E-state index in [1.54, 1.807) is 0 Å². The fourth-order valence-electron chi connectivity index (χ4n) is 2.49. The van der Waals surface area contributed by atoms with Crippen molar-refractivity contribution in [3.8, 4) is 0 Å². The van der Waals surface area contributed by atoms with Crippen molar-refractivity contribution in [2.45, 2.75) is 38.0 Å². The quantitative estimate of drug-likeness (QED) is 0.728. The van der Waals surface area contributed by atoms with Gasteiger partial charge in [0.25, 0.3) is 0 Å². The molecule has 1 N–H and O–H groups in total. The Bertz CT molecular complexity index is 346. The minimum absolute atomic E-state index is 0.173. The molecule has 3 atom stereocenters. The van der Waals surface area contributed by atoms with Crippen LogP contribution in [0.1, 0.15) is 43.4 Å². The number of hydrogen-bond donors (Lipinski definition) is 1. The summed E-state index contributed by atoms with van der Waals surface area (Å²) in [5, 5.41) is 9.84. The maximum atomic E-state index is 14.2. The Balaban J connectivity index is 2.55. The average Bonchev–Trinajstić information content (AvgIpc) is 2.36. The number of fused-ring (bicyclic) bond motifs is 1. The summed E-state index contributed by atoms with van der Waals surface area (Å²) in [4.78, 5) is 0. The van der Waals surface area contributed by atoms with Crippen molar-refractivity contribution < 1.29 is 9.50 Å². The van der Waals surface area contributed by atoms with Gasteiger partial charge in [0, 0.05) is 5.92 Å². The summed E-state index contributed by atoms with van der Waals surface area (Å²) in [5.41, 5.74) is 0.204. The van der Waals surface area contributed by atoms with Gasteiger partial charge in [-0.05, 0) is 24.5 Å². The molecular formula is C12H15FO. The largest absolute Gasteiger partial charge is 0.385 e. The van der Waals surface area contributed by atoms with E-state index >= 15 is 0 Å². The Hall–Kier alpha value is -0.890. The first kappa shape index (κ1) is 9.66. The van der Waals surface area contributed by atoms with Gasteiger partial charge in [-0.15, -0.1) is 0 Å². The molecule has 0 spiro atoms. The maximum Gasteiger partial charge on any atom is 0.144 e. The van der Waals surface area contributed by atoms with Gasteiger partial charge >= 0.3 is 0 Å². The van der Waals surface area contributed by atoms with Gasteiger partial charge in [0.2, 0.25) is 0 Å². The molecule has 1 unspecified atom stereocenters. The lowest BCUT2D eigenvalue weighted by Gasteiger charge is -2.25. The van der Waals surface area contributed by atoms with Gasteiger partial charge < -0.3 is 5.11 Å². The number of aliphatic hydroxyl groups excluding tert-OH is 1. The van der Waals surface area contributed by atoms with E-state index in [9.17, 15) is 9.50 Å². The SMILES string of the molecule is CC[C@H]1c2ccccc2[C@H](O)C1(C)F. The zero-order valence-corrected chi connectivity index (χ0v) is 8.50. The molecule has 0 bridgehead atoms. The van der Waals surface area contributed by atoms with E-state index in [1.807, 2.05) is 31.2 Å². The number of rotatable bonds is 1. The van der Waals surface area contributed by atoms with E-state index in [-0.39, 0.29) is 5.92 Å². The molecule has 0 saturated heterocycles. The van der Waals surface area contributed by atoms with E-state index < -0.39 is 11.8 Å². The first-order chi connectivity index (χ1) is 6.59. The Morgan fingerprint density at radius 3 is 2.50 bits per heavy atom. The second kappa shape index (κ2) is 3.06. The fraction of sp³-hybridized carbons (Fsp3) is 0.500. The highest BCUT2D eigenvalue weighted by Gasteiger charge is 2.49. The molecule has 0 saturated carbocycles. The van der Waals surface area contributed by atoms with E-state index in [2.05, 4.69) is 0 Å². The summed E-state index contributed by atoms with van der Waals surface area (Å²) in [6.07, 6.45) is -0.246. The second-order valence-corrected chi connectivity index (χ2v) is 4.14. The highest BCUT2D eigenvalue weighted by atomic mass is 19.1. The smallest absolute Gasteiger partial charge is 0.144 e. The number of halogens is 1. The highest BCUT2D eigenvalue weighted by molar-refractivity contribution is 5.41. The highest BCUT2D eigenvalue weighted by Crippen LogP contribution is 2.51. The van der Waals surface area contributed by atoms with Crippen molar-refractivity contribution in [3.05, 3.63) is 35.4 Å². The number of benzene rings is 1. The molecular weight excluding hydrogens is 179 g/mol. The zero-order valence-electron chi connectivity index (χ0n) is 8.50. The predicted octanol–water partition coefficient (Wildman–Crippen LogP) is 2.96. The van der Waals surface area contributed by atoms with Gasteiger partial charge in [0.15, 0.2) is 0 Å². The van der Waals surface area contributed by atoms with Crippen LogP contribution in [-0.4, -0.2) is 10.8 Å². The molecule has 1 aliphatic rings. The molecule has 0 radical (unpaired) electrons. The molecule has 1 aliphatic carbocycles. The summed E-state index contributed by atoms with van der Waals surface area (Å²) >= 11 is 0. The molecule has 0 heterocycles. The third-order valence-corrected chi connectivity index (χ3v) is 3.29. The Labute approximate surface area is 83.6 Å². The summed E-state index contributed by atoms with van der Waals surface area (Å²) in [5.74, 6) is -0.173. The molecule has 0 aromatic heterocycles. The van der Waals surface area contributed by atoms with Gasteiger partial charge in [0.05, 0.1) is 0 Å². The van der Waals surface area contributed by atoms with Crippen molar-refractivity contribution in [1.29, 1.82) is 0 Å². The van der Waals surface area contributed by atoms with Crippen LogP contribution in [0, 0.1) is 0 Å². The van der Waals surface area contributed by atoms with E-state index in [1.165, 1.54) is 6.92 Å². The standard InChI is InChI=1S/C12H15FO/c1-3-10-8-6-4-5-7-9(8)11(14)12(10,2)13/h4-7,10-11,14H,3H2,1-2H3/t10-,11-,12?/m0/s1. The molecule has 1 nitrogen and oxygen atoms in total. The average molecular weight is 194 g/mol. The Morgan fingerprint density at radius 1 is 1.36 bits per heavy atom. The predicted molar refractivity (Wildman–Crippen MR) is 53.9 cm³/mol. The Morgan fingerprint density at radius 2 is 1.93 bits per heavy atom. The third kappa shape index (κ3) is 1.10. The monoisotopic (exact) mass is 194 g/mol. The topological polar surface area (TPSA) is 20.2 Å². The van der Waals surface area contributed by atoms with E-state index in [0.717, 1.165) is 17.5 Å². The second-order valence-electron chi connectivity index (χ2n) is 4.14. The first-order valence-electron chi connectivity index (χ1n) is 5.04. The minimum Gasteiger partial charge on any atom is -0.385 e. The van der Waals surface area contributed by atoms with E-state index in [4.69, 9.17) is 0 Å². The van der Waals surface area contributed by atoms with Crippen LogP contribution in [0.4, 0.5) is 4.39 Å². The van der Waals surface area contributed by atoms with Gasteiger partial charge in [0.1, 0.15) is 11.8 Å². The van der Waals surface area contributed by atoms with Crippen LogP contribution < -0.4 is 0 Å². The molecule has 14 heavy (non-hydrogen) atoms. The molecule has 76 valence electrons. The van der Waals surface area contributed by atoms with Gasteiger partial charge in [-0.2, -0.15) is 0 Å². The fourth-order valence-corrected chi connectivity index (χ4v) is 2.49. The molecule has 0 amide bonds. The van der Waals surface area contributed by atoms with Crippen LogP contribution in [-0.2, 0) is 0 Å². The summed E-state index contributed by atoms with van der Waals surface area (Å²) in [6, 6.07) is 7.47. The first-order valence-corrected chi connectivity index (χ1v) is 5.04. The number of hydrogen-bond acceptors (Lipinski definition) is 1. The molecule has 1 aromatic carbocycles. The van der Waals surface area contributed by atoms with Crippen molar-refractivity contribution in [3.63, 3.8) is 0 Å². The summed E-state index contributed by atoms with van der Waals surface area (Å²) in [6.45, 7) is 3.45. The number of aliphatic hydroxyl groups is 1. The van der Waals surface area contributed by atoms with Crippen LogP contribution in [0.3, 0.4) is 0 Å². The summed E-state index contributed by atoms with van der Waals surface area (Å²) in [7, 11) is 0. The van der Waals surface area contributed by atoms with Gasteiger partial charge in [-0.1, -0.05) is 31.2 Å². The van der Waals surface area contributed by atoms with Crippen LogP contribution in [0.25, 0.3) is 0 Å². The third-order valence-electron chi connectivity index (χ3n) is 3.29. The lowest BCUT2D eigenvalue weighted by molar-refractivity contribution is -0.000826.